The number of anilines is 1. The lowest BCUT2D eigenvalue weighted by molar-refractivity contribution is -0.117. The summed E-state index contributed by atoms with van der Waals surface area (Å²) in [5, 5.41) is 14.5. The number of nitrogens with one attached hydrogen (secondary N) is 1. The third kappa shape index (κ3) is 3.78. The number of fused-ring (bicyclic) bond motifs is 1. The van der Waals surface area contributed by atoms with E-state index in [9.17, 15) is 9.59 Å². The van der Waals surface area contributed by atoms with Gasteiger partial charge in [0.25, 0.3) is 5.56 Å². The second-order valence-corrected chi connectivity index (χ2v) is 9.14. The number of thiophene rings is 1. The van der Waals surface area contributed by atoms with Crippen LogP contribution in [-0.2, 0) is 16.9 Å². The smallest absolute Gasteiger partial charge is 0.293 e. The van der Waals surface area contributed by atoms with E-state index in [0.29, 0.717) is 22.3 Å². The minimum atomic E-state index is -0.392. The first-order chi connectivity index (χ1) is 14.2. The molecule has 0 saturated heterocycles. The van der Waals surface area contributed by atoms with E-state index in [-0.39, 0.29) is 18.0 Å². The summed E-state index contributed by atoms with van der Waals surface area (Å²) >= 11 is 1.53. The van der Waals surface area contributed by atoms with Crippen molar-refractivity contribution in [2.45, 2.75) is 39.8 Å². The summed E-state index contributed by atoms with van der Waals surface area (Å²) in [5.41, 5.74) is 2.15. The molecule has 0 aliphatic heterocycles. The molecule has 154 valence electrons. The van der Waals surface area contributed by atoms with Crippen molar-refractivity contribution in [3.8, 4) is 10.6 Å². The summed E-state index contributed by atoms with van der Waals surface area (Å²) in [6.07, 6.45) is 1.68. The Morgan fingerprint density at radius 1 is 1.17 bits per heavy atom. The molecule has 3 heterocycles. The second-order valence-electron chi connectivity index (χ2n) is 8.19. The van der Waals surface area contributed by atoms with Gasteiger partial charge in [-0.1, -0.05) is 23.8 Å². The molecule has 0 atom stereocenters. The van der Waals surface area contributed by atoms with E-state index in [1.807, 2.05) is 69.5 Å². The molecule has 30 heavy (non-hydrogen) atoms. The minimum absolute atomic E-state index is 0.184. The minimum Gasteiger partial charge on any atom is -0.324 e. The average Bonchev–Trinajstić information content (AvgIpc) is 3.35. The van der Waals surface area contributed by atoms with Gasteiger partial charge in [0.2, 0.25) is 5.91 Å². The number of benzene rings is 1. The first-order valence-corrected chi connectivity index (χ1v) is 10.5. The quantitative estimate of drug-likeness (QED) is 0.539. The van der Waals surface area contributed by atoms with Crippen molar-refractivity contribution in [1.29, 1.82) is 0 Å². The Bertz CT molecular complexity index is 1260. The number of carbonyl (C=O) groups excluding carboxylic acids is 1. The summed E-state index contributed by atoms with van der Waals surface area (Å²) in [4.78, 5) is 26.8. The van der Waals surface area contributed by atoms with E-state index in [1.165, 1.54) is 16.0 Å². The number of carbonyl (C=O) groups is 1. The van der Waals surface area contributed by atoms with Crippen LogP contribution in [0.15, 0.2) is 52.8 Å². The predicted octanol–water partition coefficient (Wildman–Crippen LogP) is 4.02. The van der Waals surface area contributed by atoms with E-state index < -0.39 is 5.54 Å². The SMILES string of the molecule is Cc1ccc(NC(=O)Cn2nc(-c3cccs3)c3cnn(C(C)(C)C)c3c2=O)cc1. The Balaban J connectivity index is 1.79. The fourth-order valence-electron chi connectivity index (χ4n) is 3.25. The monoisotopic (exact) mass is 421 g/mol. The van der Waals surface area contributed by atoms with Crippen molar-refractivity contribution < 1.29 is 4.79 Å². The van der Waals surface area contributed by atoms with Crippen LogP contribution in [0.1, 0.15) is 26.3 Å². The van der Waals surface area contributed by atoms with Gasteiger partial charge in [-0.15, -0.1) is 11.3 Å². The van der Waals surface area contributed by atoms with Crippen molar-refractivity contribution >= 4 is 33.8 Å². The lowest BCUT2D eigenvalue weighted by atomic mass is 10.1. The number of hydrogen-bond acceptors (Lipinski definition) is 5. The van der Waals surface area contributed by atoms with Crippen LogP contribution in [0.5, 0.6) is 0 Å². The molecular formula is C22H23N5O2S. The zero-order valence-corrected chi connectivity index (χ0v) is 18.2. The molecule has 4 rings (SSSR count). The number of rotatable bonds is 4. The highest BCUT2D eigenvalue weighted by atomic mass is 32.1. The number of amides is 1. The molecule has 8 heteroatoms. The molecule has 0 aliphatic carbocycles. The van der Waals surface area contributed by atoms with Gasteiger partial charge in [0.15, 0.2) is 0 Å². The highest BCUT2D eigenvalue weighted by Crippen LogP contribution is 2.30. The summed E-state index contributed by atoms with van der Waals surface area (Å²) in [6.45, 7) is 7.75. The molecule has 7 nitrogen and oxygen atoms in total. The Morgan fingerprint density at radius 3 is 2.53 bits per heavy atom. The summed E-state index contributed by atoms with van der Waals surface area (Å²) in [7, 11) is 0. The number of hydrogen-bond donors (Lipinski definition) is 1. The lowest BCUT2D eigenvalue weighted by Gasteiger charge is -2.20. The van der Waals surface area contributed by atoms with Crippen LogP contribution in [-0.4, -0.2) is 25.5 Å². The first-order valence-electron chi connectivity index (χ1n) is 9.64. The highest BCUT2D eigenvalue weighted by Gasteiger charge is 2.24. The highest BCUT2D eigenvalue weighted by molar-refractivity contribution is 7.13. The normalized spacial score (nSPS) is 11.7. The molecule has 1 aromatic carbocycles. The molecule has 0 radical (unpaired) electrons. The van der Waals surface area contributed by atoms with Gasteiger partial charge < -0.3 is 5.32 Å². The van der Waals surface area contributed by atoms with Crippen molar-refractivity contribution in [1.82, 2.24) is 19.6 Å². The Morgan fingerprint density at radius 2 is 1.90 bits per heavy atom. The average molecular weight is 422 g/mol. The summed E-state index contributed by atoms with van der Waals surface area (Å²) < 4.78 is 2.93. The van der Waals surface area contributed by atoms with Crippen LogP contribution in [0.2, 0.25) is 0 Å². The largest absolute Gasteiger partial charge is 0.324 e. The molecule has 4 aromatic rings. The van der Waals surface area contributed by atoms with Crippen LogP contribution in [0, 0.1) is 6.92 Å². The maximum absolute atomic E-state index is 13.3. The fourth-order valence-corrected chi connectivity index (χ4v) is 3.98. The van der Waals surface area contributed by atoms with Crippen LogP contribution in [0.25, 0.3) is 21.5 Å². The van der Waals surface area contributed by atoms with Gasteiger partial charge in [0, 0.05) is 5.69 Å². The number of nitrogens with zero attached hydrogens (tertiary/aromatic N) is 4. The van der Waals surface area contributed by atoms with E-state index in [0.717, 1.165) is 10.4 Å². The second kappa shape index (κ2) is 7.53. The standard InChI is InChI=1S/C22H23N5O2S/c1-14-7-9-15(10-8-14)24-18(28)13-26-21(29)20-16(12-23-27(20)22(2,3)4)19(25-26)17-6-5-11-30-17/h5-12H,13H2,1-4H3,(H,24,28). The van der Waals surface area contributed by atoms with E-state index in [2.05, 4.69) is 15.5 Å². The molecule has 3 aromatic heterocycles. The molecule has 0 saturated carbocycles. The van der Waals surface area contributed by atoms with Crippen molar-refractivity contribution in [3.05, 3.63) is 63.9 Å². The topological polar surface area (TPSA) is 81.8 Å². The molecule has 1 N–H and O–H groups in total. The number of aromatic nitrogens is 4. The Kier molecular flexibility index (Phi) is 5.03. The number of aryl methyl sites for hydroxylation is 1. The Hall–Kier alpha value is -3.26. The van der Waals surface area contributed by atoms with Gasteiger partial charge in [-0.2, -0.15) is 10.2 Å². The Labute approximate surface area is 178 Å². The molecule has 0 bridgehead atoms. The van der Waals surface area contributed by atoms with Gasteiger partial charge in [-0.25, -0.2) is 4.68 Å². The zero-order valence-electron chi connectivity index (χ0n) is 17.3. The molecule has 0 aliphatic rings. The molecular weight excluding hydrogens is 398 g/mol. The summed E-state index contributed by atoms with van der Waals surface area (Å²) in [6, 6.07) is 11.4. The third-order valence-corrected chi connectivity index (χ3v) is 5.58. The van der Waals surface area contributed by atoms with Crippen molar-refractivity contribution in [2.24, 2.45) is 0 Å². The van der Waals surface area contributed by atoms with E-state index in [1.54, 1.807) is 10.9 Å². The third-order valence-electron chi connectivity index (χ3n) is 4.70. The van der Waals surface area contributed by atoms with Crippen LogP contribution >= 0.6 is 11.3 Å². The van der Waals surface area contributed by atoms with Crippen LogP contribution in [0.3, 0.4) is 0 Å². The van der Waals surface area contributed by atoms with E-state index >= 15 is 0 Å². The molecule has 0 fully saturated rings. The first kappa shape index (κ1) is 20.0. The van der Waals surface area contributed by atoms with Gasteiger partial charge >= 0.3 is 0 Å². The van der Waals surface area contributed by atoms with Gasteiger partial charge in [-0.3, -0.25) is 14.3 Å². The lowest BCUT2D eigenvalue weighted by Crippen LogP contribution is -2.33. The zero-order chi connectivity index (χ0) is 21.5. The predicted molar refractivity (Wildman–Crippen MR) is 120 cm³/mol. The maximum atomic E-state index is 13.3. The molecule has 0 spiro atoms. The van der Waals surface area contributed by atoms with Crippen LogP contribution in [0.4, 0.5) is 5.69 Å². The van der Waals surface area contributed by atoms with Gasteiger partial charge in [0.05, 0.1) is 22.0 Å². The van der Waals surface area contributed by atoms with Gasteiger partial charge in [-0.05, 0) is 51.3 Å². The van der Waals surface area contributed by atoms with Crippen molar-refractivity contribution in [3.63, 3.8) is 0 Å². The fraction of sp³-hybridized carbons (Fsp3) is 0.273. The molecule has 0 unspecified atom stereocenters. The van der Waals surface area contributed by atoms with Crippen molar-refractivity contribution in [2.75, 3.05) is 5.32 Å². The van der Waals surface area contributed by atoms with E-state index in [4.69, 9.17) is 0 Å². The van der Waals surface area contributed by atoms with Gasteiger partial charge in [0.1, 0.15) is 17.8 Å². The summed E-state index contributed by atoms with van der Waals surface area (Å²) in [5.74, 6) is -0.313. The van der Waals surface area contributed by atoms with Crippen LogP contribution < -0.4 is 10.9 Å². The molecule has 1 amide bonds. The maximum Gasteiger partial charge on any atom is 0.293 e.